The van der Waals surface area contributed by atoms with Gasteiger partial charge in [0.05, 0.1) is 19.3 Å². The van der Waals surface area contributed by atoms with Crippen molar-refractivity contribution in [2.45, 2.75) is 26.1 Å². The summed E-state index contributed by atoms with van der Waals surface area (Å²) in [5.41, 5.74) is 2.22. The molecule has 1 aliphatic heterocycles. The molecule has 1 N–H and O–H groups in total. The summed E-state index contributed by atoms with van der Waals surface area (Å²) in [5.74, 6) is 0. The van der Waals surface area contributed by atoms with Crippen molar-refractivity contribution in [1.29, 1.82) is 0 Å². The van der Waals surface area contributed by atoms with Crippen LogP contribution in [-0.4, -0.2) is 51.5 Å². The third kappa shape index (κ3) is 4.29. The number of hydrogen-bond donors (Lipinski definition) is 1. The van der Waals surface area contributed by atoms with Crippen LogP contribution in [0.1, 0.15) is 18.1 Å². The van der Waals surface area contributed by atoms with Gasteiger partial charge in [0.2, 0.25) is 0 Å². The van der Waals surface area contributed by atoms with Crippen LogP contribution in [0.15, 0.2) is 36.9 Å². The fraction of sp³-hybridized carbons (Fsp3) is 0.438. The molecule has 1 atom stereocenters. The lowest BCUT2D eigenvalue weighted by Crippen LogP contribution is -2.48. The van der Waals surface area contributed by atoms with Crippen LogP contribution in [0.4, 0.5) is 4.79 Å². The molecule has 2 amide bonds. The van der Waals surface area contributed by atoms with Crippen molar-refractivity contribution < 1.29 is 9.53 Å². The van der Waals surface area contributed by atoms with E-state index in [1.807, 2.05) is 31.2 Å². The standard InChI is InChI=1S/C16H21N5O2/c1-13-9-20(6-7-23-13)16(22)18-8-14-2-4-15(5-3-14)10-21-12-17-11-19-21/h2-5,11-13H,6-10H2,1H3,(H,18,22). The number of nitrogens with one attached hydrogen (secondary N) is 1. The SMILES string of the molecule is CC1CN(C(=O)NCc2ccc(Cn3cncn3)cc2)CCO1. The zero-order valence-electron chi connectivity index (χ0n) is 13.2. The number of amides is 2. The lowest BCUT2D eigenvalue weighted by molar-refractivity contribution is -0.00351. The van der Waals surface area contributed by atoms with E-state index in [0.29, 0.717) is 32.8 Å². The molecule has 0 radical (unpaired) electrons. The molecule has 1 aromatic carbocycles. The summed E-state index contributed by atoms with van der Waals surface area (Å²) in [6.07, 6.45) is 3.32. The van der Waals surface area contributed by atoms with Gasteiger partial charge in [-0.2, -0.15) is 5.10 Å². The van der Waals surface area contributed by atoms with Crippen LogP contribution in [-0.2, 0) is 17.8 Å². The molecule has 122 valence electrons. The Kier molecular flexibility index (Phi) is 4.87. The molecular weight excluding hydrogens is 294 g/mol. The van der Waals surface area contributed by atoms with Crippen molar-refractivity contribution in [1.82, 2.24) is 25.0 Å². The fourth-order valence-electron chi connectivity index (χ4n) is 2.56. The van der Waals surface area contributed by atoms with Crippen molar-refractivity contribution >= 4 is 6.03 Å². The Hall–Kier alpha value is -2.41. The third-order valence-corrected chi connectivity index (χ3v) is 3.81. The van der Waals surface area contributed by atoms with Crippen molar-refractivity contribution in [3.8, 4) is 0 Å². The number of benzene rings is 1. The van der Waals surface area contributed by atoms with E-state index in [0.717, 1.165) is 11.1 Å². The van der Waals surface area contributed by atoms with Gasteiger partial charge in [0.15, 0.2) is 0 Å². The first-order chi connectivity index (χ1) is 11.2. The molecule has 23 heavy (non-hydrogen) atoms. The van der Waals surface area contributed by atoms with Gasteiger partial charge in [-0.15, -0.1) is 0 Å². The summed E-state index contributed by atoms with van der Waals surface area (Å²) in [4.78, 5) is 17.9. The highest BCUT2D eigenvalue weighted by atomic mass is 16.5. The molecule has 7 heteroatoms. The van der Waals surface area contributed by atoms with Gasteiger partial charge in [0.25, 0.3) is 0 Å². The Labute approximate surface area is 135 Å². The highest BCUT2D eigenvalue weighted by Crippen LogP contribution is 2.07. The number of rotatable bonds is 4. The average Bonchev–Trinajstić information content (AvgIpc) is 3.07. The quantitative estimate of drug-likeness (QED) is 0.922. The summed E-state index contributed by atoms with van der Waals surface area (Å²) in [5, 5.41) is 7.04. The number of ether oxygens (including phenoxy) is 1. The Balaban J connectivity index is 1.49. The van der Waals surface area contributed by atoms with E-state index in [9.17, 15) is 4.79 Å². The first kappa shape index (κ1) is 15.5. The second-order valence-electron chi connectivity index (χ2n) is 5.70. The Morgan fingerprint density at radius 2 is 2.13 bits per heavy atom. The van der Waals surface area contributed by atoms with Gasteiger partial charge in [-0.25, -0.2) is 14.5 Å². The lowest BCUT2D eigenvalue weighted by atomic mass is 10.1. The van der Waals surface area contributed by atoms with Gasteiger partial charge in [0, 0.05) is 19.6 Å². The number of morpholine rings is 1. The van der Waals surface area contributed by atoms with Gasteiger partial charge in [-0.1, -0.05) is 24.3 Å². The van der Waals surface area contributed by atoms with Gasteiger partial charge in [-0.3, -0.25) is 0 Å². The van der Waals surface area contributed by atoms with Gasteiger partial charge in [0.1, 0.15) is 12.7 Å². The Morgan fingerprint density at radius 1 is 1.35 bits per heavy atom. The van der Waals surface area contributed by atoms with Crippen LogP contribution in [0.3, 0.4) is 0 Å². The number of urea groups is 1. The maximum absolute atomic E-state index is 12.1. The van der Waals surface area contributed by atoms with E-state index in [2.05, 4.69) is 15.4 Å². The van der Waals surface area contributed by atoms with Crippen molar-refractivity contribution in [2.75, 3.05) is 19.7 Å². The largest absolute Gasteiger partial charge is 0.375 e. The Morgan fingerprint density at radius 3 is 2.83 bits per heavy atom. The molecule has 2 aromatic rings. The van der Waals surface area contributed by atoms with E-state index in [4.69, 9.17) is 4.74 Å². The van der Waals surface area contributed by atoms with Crippen molar-refractivity contribution in [3.63, 3.8) is 0 Å². The summed E-state index contributed by atoms with van der Waals surface area (Å²) in [6.45, 7) is 5.08. The molecule has 3 rings (SSSR count). The smallest absolute Gasteiger partial charge is 0.317 e. The second kappa shape index (κ2) is 7.23. The predicted molar refractivity (Wildman–Crippen MR) is 84.8 cm³/mol. The molecule has 0 aliphatic carbocycles. The van der Waals surface area contributed by atoms with Gasteiger partial charge in [-0.05, 0) is 18.1 Å². The molecule has 7 nitrogen and oxygen atoms in total. The van der Waals surface area contributed by atoms with Gasteiger partial charge >= 0.3 is 6.03 Å². The molecule has 1 aromatic heterocycles. The topological polar surface area (TPSA) is 72.3 Å². The monoisotopic (exact) mass is 315 g/mol. The number of nitrogens with zero attached hydrogens (tertiary/aromatic N) is 4. The molecule has 0 spiro atoms. The van der Waals surface area contributed by atoms with Crippen LogP contribution in [0, 0.1) is 0 Å². The van der Waals surface area contributed by atoms with Crippen molar-refractivity contribution in [3.05, 3.63) is 48.0 Å². The molecule has 1 aliphatic rings. The molecule has 1 fully saturated rings. The van der Waals surface area contributed by atoms with Crippen LogP contribution in [0.2, 0.25) is 0 Å². The zero-order chi connectivity index (χ0) is 16.1. The summed E-state index contributed by atoms with van der Waals surface area (Å²) >= 11 is 0. The average molecular weight is 315 g/mol. The van der Waals surface area contributed by atoms with E-state index in [1.165, 1.54) is 6.33 Å². The molecule has 1 unspecified atom stereocenters. The van der Waals surface area contributed by atoms with E-state index in [1.54, 1.807) is 15.9 Å². The first-order valence-corrected chi connectivity index (χ1v) is 7.75. The Bertz CT molecular complexity index is 626. The van der Waals surface area contributed by atoms with E-state index in [-0.39, 0.29) is 12.1 Å². The second-order valence-corrected chi connectivity index (χ2v) is 5.70. The van der Waals surface area contributed by atoms with E-state index >= 15 is 0 Å². The minimum atomic E-state index is -0.0353. The van der Waals surface area contributed by atoms with Crippen molar-refractivity contribution in [2.24, 2.45) is 0 Å². The van der Waals surface area contributed by atoms with Crippen LogP contribution in [0.5, 0.6) is 0 Å². The third-order valence-electron chi connectivity index (χ3n) is 3.81. The summed E-state index contributed by atoms with van der Waals surface area (Å²) in [7, 11) is 0. The first-order valence-electron chi connectivity index (χ1n) is 7.75. The molecule has 0 saturated carbocycles. The number of hydrogen-bond acceptors (Lipinski definition) is 4. The van der Waals surface area contributed by atoms with Crippen LogP contribution < -0.4 is 5.32 Å². The molecule has 2 heterocycles. The highest BCUT2D eigenvalue weighted by Gasteiger charge is 2.20. The molecular formula is C16H21N5O2. The normalized spacial score (nSPS) is 18.0. The maximum atomic E-state index is 12.1. The minimum Gasteiger partial charge on any atom is -0.375 e. The predicted octanol–water partition coefficient (Wildman–Crippen LogP) is 1.26. The lowest BCUT2D eigenvalue weighted by Gasteiger charge is -2.31. The number of carbonyl (C=O) groups is 1. The highest BCUT2D eigenvalue weighted by molar-refractivity contribution is 5.74. The summed E-state index contributed by atoms with van der Waals surface area (Å²) in [6, 6.07) is 8.09. The fourth-order valence-corrected chi connectivity index (χ4v) is 2.56. The molecule has 1 saturated heterocycles. The minimum absolute atomic E-state index is 0.0353. The zero-order valence-corrected chi connectivity index (χ0v) is 13.2. The molecule has 0 bridgehead atoms. The van der Waals surface area contributed by atoms with Crippen LogP contribution >= 0.6 is 0 Å². The van der Waals surface area contributed by atoms with E-state index < -0.39 is 0 Å². The summed E-state index contributed by atoms with van der Waals surface area (Å²) < 4.78 is 7.22. The van der Waals surface area contributed by atoms with Gasteiger partial charge < -0.3 is 15.0 Å². The number of carbonyl (C=O) groups excluding carboxylic acids is 1. The van der Waals surface area contributed by atoms with Crippen LogP contribution in [0.25, 0.3) is 0 Å². The maximum Gasteiger partial charge on any atom is 0.317 e. The number of aromatic nitrogens is 3.